The van der Waals surface area contributed by atoms with E-state index in [1.807, 2.05) is 0 Å². The molecule has 0 fully saturated rings. The van der Waals surface area contributed by atoms with E-state index in [1.165, 1.54) is 18.0 Å². The summed E-state index contributed by atoms with van der Waals surface area (Å²) >= 11 is 0. The third-order valence-electron chi connectivity index (χ3n) is 2.80. The molecule has 108 valence electrons. The van der Waals surface area contributed by atoms with Crippen molar-refractivity contribution in [3.8, 4) is 0 Å². The summed E-state index contributed by atoms with van der Waals surface area (Å²) in [4.78, 5) is 25.1. The summed E-state index contributed by atoms with van der Waals surface area (Å²) in [6.07, 6.45) is 0. The lowest BCUT2D eigenvalue weighted by Gasteiger charge is -2.20. The van der Waals surface area contributed by atoms with E-state index in [4.69, 9.17) is 10.9 Å². The van der Waals surface area contributed by atoms with Gasteiger partial charge in [-0.3, -0.25) is 9.59 Å². The average molecular weight is 278 g/mol. The van der Waals surface area contributed by atoms with E-state index in [-0.39, 0.29) is 24.2 Å². The fourth-order valence-corrected chi connectivity index (χ4v) is 1.63. The Morgan fingerprint density at radius 2 is 2.05 bits per heavy atom. The SMILES string of the molecule is CCN(CC(=O)NC)C(=O)c1cccc(C(N)=NO)c1. The standard InChI is InChI=1S/C13H18N4O3/c1-3-17(8-11(18)15-2)13(19)10-6-4-5-9(7-10)12(14)16-20/h4-7,20H,3,8H2,1-2H3,(H2,14,16)(H,15,18). The van der Waals surface area contributed by atoms with Crippen LogP contribution in [0, 0.1) is 0 Å². The minimum Gasteiger partial charge on any atom is -0.409 e. The van der Waals surface area contributed by atoms with Crippen LogP contribution in [0.4, 0.5) is 0 Å². The Bertz CT molecular complexity index is 528. The lowest BCUT2D eigenvalue weighted by molar-refractivity contribution is -0.121. The molecule has 0 aliphatic heterocycles. The van der Waals surface area contributed by atoms with E-state index in [2.05, 4.69) is 10.5 Å². The van der Waals surface area contributed by atoms with E-state index in [0.29, 0.717) is 17.7 Å². The molecule has 1 aromatic carbocycles. The zero-order chi connectivity index (χ0) is 15.1. The van der Waals surface area contributed by atoms with Crippen molar-refractivity contribution in [2.75, 3.05) is 20.1 Å². The molecule has 0 saturated carbocycles. The van der Waals surface area contributed by atoms with Crippen LogP contribution in [0.2, 0.25) is 0 Å². The molecule has 1 aromatic rings. The molecule has 0 aromatic heterocycles. The maximum atomic E-state index is 12.3. The molecular weight excluding hydrogens is 260 g/mol. The van der Waals surface area contributed by atoms with Crippen molar-refractivity contribution in [2.24, 2.45) is 10.9 Å². The summed E-state index contributed by atoms with van der Waals surface area (Å²) in [5, 5.41) is 14.0. The molecule has 0 saturated heterocycles. The Labute approximate surface area is 117 Å². The van der Waals surface area contributed by atoms with Crippen molar-refractivity contribution in [1.82, 2.24) is 10.2 Å². The summed E-state index contributed by atoms with van der Waals surface area (Å²) < 4.78 is 0. The summed E-state index contributed by atoms with van der Waals surface area (Å²) in [7, 11) is 1.51. The predicted octanol–water partition coefficient (Wildman–Crippen LogP) is -0.0108. The Hall–Kier alpha value is -2.57. The van der Waals surface area contributed by atoms with Gasteiger partial charge in [0.1, 0.15) is 0 Å². The first-order valence-corrected chi connectivity index (χ1v) is 6.11. The quantitative estimate of drug-likeness (QED) is 0.304. The number of amides is 2. The number of benzene rings is 1. The van der Waals surface area contributed by atoms with Gasteiger partial charge in [0.25, 0.3) is 5.91 Å². The van der Waals surface area contributed by atoms with Crippen LogP contribution in [0.5, 0.6) is 0 Å². The Kier molecular flexibility index (Phi) is 5.52. The monoisotopic (exact) mass is 278 g/mol. The van der Waals surface area contributed by atoms with Crippen LogP contribution >= 0.6 is 0 Å². The first-order valence-electron chi connectivity index (χ1n) is 6.11. The van der Waals surface area contributed by atoms with Gasteiger partial charge < -0.3 is 21.2 Å². The van der Waals surface area contributed by atoms with E-state index >= 15 is 0 Å². The predicted molar refractivity (Wildman–Crippen MR) is 74.6 cm³/mol. The molecule has 7 heteroatoms. The van der Waals surface area contributed by atoms with Gasteiger partial charge in [-0.05, 0) is 19.1 Å². The van der Waals surface area contributed by atoms with Gasteiger partial charge >= 0.3 is 0 Å². The normalized spacial score (nSPS) is 11.0. The van der Waals surface area contributed by atoms with E-state index in [0.717, 1.165) is 0 Å². The average Bonchev–Trinajstić information content (AvgIpc) is 2.50. The number of nitrogens with zero attached hydrogens (tertiary/aromatic N) is 2. The Morgan fingerprint density at radius 3 is 2.60 bits per heavy atom. The number of carbonyl (C=O) groups is 2. The molecule has 7 nitrogen and oxygen atoms in total. The molecule has 0 atom stereocenters. The highest BCUT2D eigenvalue weighted by molar-refractivity contribution is 6.01. The molecule has 0 aliphatic carbocycles. The van der Waals surface area contributed by atoms with Crippen LogP contribution in [0.3, 0.4) is 0 Å². The van der Waals surface area contributed by atoms with E-state index < -0.39 is 0 Å². The largest absolute Gasteiger partial charge is 0.409 e. The number of amidine groups is 1. The first-order chi connectivity index (χ1) is 9.53. The third kappa shape index (κ3) is 3.71. The van der Waals surface area contributed by atoms with Gasteiger partial charge in [0, 0.05) is 24.7 Å². The molecule has 0 aliphatic rings. The summed E-state index contributed by atoms with van der Waals surface area (Å²) in [5.41, 5.74) is 6.30. The highest BCUT2D eigenvalue weighted by atomic mass is 16.4. The lowest BCUT2D eigenvalue weighted by Crippen LogP contribution is -2.39. The fourth-order valence-electron chi connectivity index (χ4n) is 1.63. The highest BCUT2D eigenvalue weighted by Crippen LogP contribution is 2.08. The van der Waals surface area contributed by atoms with Gasteiger partial charge in [-0.25, -0.2) is 0 Å². The number of hydrogen-bond acceptors (Lipinski definition) is 4. The second kappa shape index (κ2) is 7.13. The molecule has 20 heavy (non-hydrogen) atoms. The maximum absolute atomic E-state index is 12.3. The minimum absolute atomic E-state index is 0.0143. The van der Waals surface area contributed by atoms with Crippen LogP contribution in [0.1, 0.15) is 22.8 Å². The van der Waals surface area contributed by atoms with Crippen LogP contribution < -0.4 is 11.1 Å². The number of nitrogens with one attached hydrogen (secondary N) is 1. The summed E-state index contributed by atoms with van der Waals surface area (Å²) in [6.45, 7) is 2.17. The van der Waals surface area contributed by atoms with Crippen molar-refractivity contribution in [3.63, 3.8) is 0 Å². The number of oxime groups is 1. The number of nitrogens with two attached hydrogens (primary N) is 1. The number of carbonyl (C=O) groups excluding carboxylic acids is 2. The Balaban J connectivity index is 2.98. The Morgan fingerprint density at radius 1 is 1.40 bits per heavy atom. The van der Waals surface area contributed by atoms with Crippen LogP contribution in [-0.4, -0.2) is 47.9 Å². The van der Waals surface area contributed by atoms with Gasteiger partial charge in [-0.2, -0.15) is 0 Å². The van der Waals surface area contributed by atoms with Crippen molar-refractivity contribution in [1.29, 1.82) is 0 Å². The van der Waals surface area contributed by atoms with Crippen LogP contribution in [-0.2, 0) is 4.79 Å². The van der Waals surface area contributed by atoms with E-state index in [1.54, 1.807) is 25.1 Å². The molecule has 0 heterocycles. The third-order valence-corrected chi connectivity index (χ3v) is 2.80. The number of hydrogen-bond donors (Lipinski definition) is 3. The summed E-state index contributed by atoms with van der Waals surface area (Å²) in [5.74, 6) is -0.606. The number of likely N-dealkylation sites (N-methyl/N-ethyl adjacent to an activating group) is 2. The molecule has 0 spiro atoms. The highest BCUT2D eigenvalue weighted by Gasteiger charge is 2.17. The summed E-state index contributed by atoms with van der Waals surface area (Å²) in [6, 6.07) is 6.39. The molecular formula is C13H18N4O3. The number of rotatable bonds is 5. The fraction of sp³-hybridized carbons (Fsp3) is 0.308. The van der Waals surface area contributed by atoms with Gasteiger partial charge in [0.2, 0.25) is 5.91 Å². The molecule has 1 rings (SSSR count). The van der Waals surface area contributed by atoms with Crippen molar-refractivity contribution < 1.29 is 14.8 Å². The van der Waals surface area contributed by atoms with Gasteiger partial charge in [-0.1, -0.05) is 17.3 Å². The second-order valence-corrected chi connectivity index (χ2v) is 4.06. The van der Waals surface area contributed by atoms with Crippen LogP contribution in [0.25, 0.3) is 0 Å². The molecule has 2 amide bonds. The second-order valence-electron chi connectivity index (χ2n) is 4.06. The minimum atomic E-state index is -0.288. The maximum Gasteiger partial charge on any atom is 0.254 e. The van der Waals surface area contributed by atoms with E-state index in [9.17, 15) is 9.59 Å². The van der Waals surface area contributed by atoms with Gasteiger partial charge in [0.05, 0.1) is 6.54 Å². The van der Waals surface area contributed by atoms with Crippen molar-refractivity contribution >= 4 is 17.6 Å². The van der Waals surface area contributed by atoms with Crippen molar-refractivity contribution in [3.05, 3.63) is 35.4 Å². The zero-order valence-electron chi connectivity index (χ0n) is 11.5. The zero-order valence-corrected chi connectivity index (χ0v) is 11.5. The molecule has 0 unspecified atom stereocenters. The molecule has 4 N–H and O–H groups in total. The topological polar surface area (TPSA) is 108 Å². The van der Waals surface area contributed by atoms with Gasteiger partial charge in [-0.15, -0.1) is 0 Å². The van der Waals surface area contributed by atoms with Crippen LogP contribution in [0.15, 0.2) is 29.4 Å². The molecule has 0 bridgehead atoms. The smallest absolute Gasteiger partial charge is 0.254 e. The van der Waals surface area contributed by atoms with Gasteiger partial charge in [0.15, 0.2) is 5.84 Å². The first kappa shape index (κ1) is 15.5. The molecule has 0 radical (unpaired) electrons. The lowest BCUT2D eigenvalue weighted by atomic mass is 10.1. The van der Waals surface area contributed by atoms with Crippen molar-refractivity contribution in [2.45, 2.75) is 6.92 Å².